The molecule has 0 unspecified atom stereocenters. The molecule has 3 aromatic heterocycles. The molecule has 0 N–H and O–H groups in total. The molecule has 0 spiro atoms. The molecule has 0 aliphatic heterocycles. The summed E-state index contributed by atoms with van der Waals surface area (Å²) in [6.45, 7) is 0. The third-order valence-electron chi connectivity index (χ3n) is 4.57. The van der Waals surface area contributed by atoms with E-state index in [0.717, 1.165) is 0 Å². The Labute approximate surface area is 190 Å². The molecule has 0 amide bonds. The average molecular weight is 526 g/mol. The van der Waals surface area contributed by atoms with Gasteiger partial charge in [-0.15, -0.1) is 34.0 Å². The van der Waals surface area contributed by atoms with Gasteiger partial charge in [0.25, 0.3) is 0 Å². The van der Waals surface area contributed by atoms with E-state index < -0.39 is 0 Å². The van der Waals surface area contributed by atoms with Crippen LogP contribution in [0.1, 0.15) is 0 Å². The van der Waals surface area contributed by atoms with E-state index in [4.69, 9.17) is 0 Å². The molecule has 5 aromatic rings. The van der Waals surface area contributed by atoms with E-state index in [1.54, 1.807) is 11.3 Å². The quantitative estimate of drug-likeness (QED) is 0.205. The van der Waals surface area contributed by atoms with Gasteiger partial charge in [0.1, 0.15) is 0 Å². The zero-order valence-electron chi connectivity index (χ0n) is 14.8. The van der Waals surface area contributed by atoms with Gasteiger partial charge in [0.05, 0.1) is 0 Å². The highest BCUT2D eigenvalue weighted by Crippen LogP contribution is 2.41. The van der Waals surface area contributed by atoms with Gasteiger partial charge in [-0.2, -0.15) is 0 Å². The van der Waals surface area contributed by atoms with E-state index in [9.17, 15) is 0 Å². The zero-order chi connectivity index (χ0) is 18.9. The van der Waals surface area contributed by atoms with E-state index in [-0.39, 0.29) is 0 Å². The van der Waals surface area contributed by atoms with Crippen molar-refractivity contribution in [2.24, 2.45) is 0 Å². The fourth-order valence-electron chi connectivity index (χ4n) is 3.12. The van der Waals surface area contributed by atoms with Crippen LogP contribution in [0.15, 0.2) is 90.3 Å². The van der Waals surface area contributed by atoms with E-state index in [1.807, 2.05) is 22.7 Å². The molecule has 3 heterocycles. The molecule has 28 heavy (non-hydrogen) atoms. The second-order valence-electron chi connectivity index (χ2n) is 6.39. The first-order valence-corrected chi connectivity index (χ1v) is 12.5. The van der Waals surface area contributed by atoms with Crippen LogP contribution in [0.5, 0.6) is 0 Å². The number of benzene rings is 2. The van der Waals surface area contributed by atoms with Crippen LogP contribution in [0.3, 0.4) is 0 Å². The van der Waals surface area contributed by atoms with Gasteiger partial charge < -0.3 is 0 Å². The summed E-state index contributed by atoms with van der Waals surface area (Å²) in [5.41, 5.74) is 3.80. The summed E-state index contributed by atoms with van der Waals surface area (Å²) in [4.78, 5) is 6.69. The van der Waals surface area contributed by atoms with Crippen molar-refractivity contribution >= 4 is 56.6 Å². The van der Waals surface area contributed by atoms with Gasteiger partial charge >= 0.3 is 0 Å². The predicted octanol–water partition coefficient (Wildman–Crippen LogP) is 9.14. The molecule has 0 bridgehead atoms. The van der Waals surface area contributed by atoms with Crippen molar-refractivity contribution < 1.29 is 0 Å². The Morgan fingerprint density at radius 3 is 1.57 bits per heavy atom. The third kappa shape index (κ3) is 3.74. The van der Waals surface area contributed by atoms with Gasteiger partial charge in [0.15, 0.2) is 0 Å². The molecule has 0 saturated heterocycles. The summed E-state index contributed by atoms with van der Waals surface area (Å²) >= 11 is 7.88. The van der Waals surface area contributed by atoms with Crippen molar-refractivity contribution in [1.82, 2.24) is 0 Å². The second kappa shape index (κ2) is 7.95. The Kier molecular flexibility index (Phi) is 5.20. The summed E-state index contributed by atoms with van der Waals surface area (Å²) in [5.74, 6) is 0. The molecule has 0 nitrogen and oxygen atoms in total. The lowest BCUT2D eigenvalue weighted by atomic mass is 10.0. The van der Waals surface area contributed by atoms with Crippen LogP contribution in [0.2, 0.25) is 0 Å². The van der Waals surface area contributed by atoms with E-state index >= 15 is 0 Å². The van der Waals surface area contributed by atoms with Crippen LogP contribution in [0.4, 0.5) is 0 Å². The lowest BCUT2D eigenvalue weighted by Gasteiger charge is -2.03. The summed E-state index contributed by atoms with van der Waals surface area (Å²) in [6, 6.07) is 30.8. The number of hydrogen-bond donors (Lipinski definition) is 0. The van der Waals surface area contributed by atoms with Gasteiger partial charge in [-0.05, 0) is 87.1 Å². The first kappa shape index (κ1) is 18.3. The van der Waals surface area contributed by atoms with Crippen LogP contribution < -0.4 is 0 Å². The highest BCUT2D eigenvalue weighted by molar-refractivity contribution is 14.1. The van der Waals surface area contributed by atoms with Crippen molar-refractivity contribution in [2.75, 3.05) is 0 Å². The maximum atomic E-state index is 2.34. The van der Waals surface area contributed by atoms with Crippen molar-refractivity contribution in [3.05, 3.63) is 93.9 Å². The van der Waals surface area contributed by atoms with Crippen LogP contribution in [0.25, 0.3) is 41.1 Å². The molecule has 0 atom stereocenters. The van der Waals surface area contributed by atoms with Crippen molar-refractivity contribution in [3.8, 4) is 41.1 Å². The molecular weight excluding hydrogens is 511 g/mol. The third-order valence-corrected chi connectivity index (χ3v) is 8.77. The van der Waals surface area contributed by atoms with Crippen molar-refractivity contribution in [2.45, 2.75) is 0 Å². The molecule has 0 fully saturated rings. The molecule has 0 radical (unpaired) electrons. The zero-order valence-corrected chi connectivity index (χ0v) is 19.4. The summed E-state index contributed by atoms with van der Waals surface area (Å²) in [7, 11) is 0. The molecule has 0 saturated carbocycles. The Morgan fingerprint density at radius 2 is 0.964 bits per heavy atom. The fraction of sp³-hybridized carbons (Fsp3) is 0. The summed E-state index contributed by atoms with van der Waals surface area (Å²) in [6.07, 6.45) is 0. The van der Waals surface area contributed by atoms with Crippen LogP contribution >= 0.6 is 56.6 Å². The van der Waals surface area contributed by atoms with Crippen LogP contribution in [-0.2, 0) is 0 Å². The normalized spacial score (nSPS) is 11.0. The molecule has 0 aliphatic carbocycles. The molecule has 4 heteroatoms. The minimum absolute atomic E-state index is 1.26. The van der Waals surface area contributed by atoms with Crippen molar-refractivity contribution in [3.63, 3.8) is 0 Å². The second-order valence-corrected chi connectivity index (χ2v) is 10.8. The minimum atomic E-state index is 1.26. The minimum Gasteiger partial charge on any atom is -0.143 e. The number of rotatable bonds is 4. The van der Waals surface area contributed by atoms with Crippen LogP contribution in [0, 0.1) is 3.57 Å². The lowest BCUT2D eigenvalue weighted by Crippen LogP contribution is -1.79. The number of halogens is 1. The Hall–Kier alpha value is -1.73. The smallest absolute Gasteiger partial charge is 0.0449 e. The van der Waals surface area contributed by atoms with Gasteiger partial charge in [-0.1, -0.05) is 42.5 Å². The summed E-state index contributed by atoms with van der Waals surface area (Å²) in [5, 5.41) is 2.14. The van der Waals surface area contributed by atoms with Gasteiger partial charge in [-0.25, -0.2) is 0 Å². The number of thiophene rings is 3. The van der Waals surface area contributed by atoms with Gasteiger partial charge in [0, 0.05) is 28.0 Å². The maximum Gasteiger partial charge on any atom is 0.0449 e. The molecule has 5 rings (SSSR count). The molecule has 2 aromatic carbocycles. The predicted molar refractivity (Wildman–Crippen MR) is 135 cm³/mol. The topological polar surface area (TPSA) is 0 Å². The van der Waals surface area contributed by atoms with Crippen molar-refractivity contribution in [1.29, 1.82) is 0 Å². The average Bonchev–Trinajstić information content (AvgIpc) is 3.49. The largest absolute Gasteiger partial charge is 0.143 e. The van der Waals surface area contributed by atoms with E-state index in [1.165, 1.54) is 44.6 Å². The highest BCUT2D eigenvalue weighted by atomic mass is 127. The van der Waals surface area contributed by atoms with Gasteiger partial charge in [-0.3, -0.25) is 0 Å². The van der Waals surface area contributed by atoms with Gasteiger partial charge in [0.2, 0.25) is 0 Å². The first-order chi connectivity index (χ1) is 13.8. The highest BCUT2D eigenvalue weighted by Gasteiger charge is 2.09. The SMILES string of the molecule is Ic1ccc(-c2ccc(-c3ccc(-c4ccc(-c5cccs5)s4)s3)cc2)cc1. The molecule has 136 valence electrons. The molecular formula is C24H15IS3. The Balaban J connectivity index is 1.39. The molecule has 0 aliphatic rings. The first-order valence-electron chi connectivity index (χ1n) is 8.86. The van der Waals surface area contributed by atoms with Crippen LogP contribution in [-0.4, -0.2) is 0 Å². The fourth-order valence-corrected chi connectivity index (χ4v) is 6.42. The number of hydrogen-bond acceptors (Lipinski definition) is 3. The lowest BCUT2D eigenvalue weighted by molar-refractivity contribution is 1.59. The summed E-state index contributed by atoms with van der Waals surface area (Å²) < 4.78 is 1.26. The Morgan fingerprint density at radius 1 is 0.464 bits per heavy atom. The van der Waals surface area contributed by atoms with E-state index in [2.05, 4.69) is 113 Å². The maximum absolute atomic E-state index is 2.34. The standard InChI is InChI=1S/C24H15IS3/c25-19-9-7-17(8-10-19)16-3-5-18(6-4-16)20-11-12-23(27-20)24-14-13-22(28-24)21-2-1-15-26-21/h1-15H. The van der Waals surface area contributed by atoms with E-state index in [0.29, 0.717) is 0 Å². The Bertz CT molecular complexity index is 1190. The monoisotopic (exact) mass is 526 g/mol.